The lowest BCUT2D eigenvalue weighted by Gasteiger charge is -2.15. The zero-order chi connectivity index (χ0) is 14.2. The summed E-state index contributed by atoms with van der Waals surface area (Å²) < 4.78 is 1.05. The van der Waals surface area contributed by atoms with Crippen LogP contribution in [0, 0.1) is 6.92 Å². The topological polar surface area (TPSA) is 50.2 Å². The summed E-state index contributed by atoms with van der Waals surface area (Å²) in [5.41, 5.74) is 1.78. The Kier molecular flexibility index (Phi) is 3.78. The summed E-state index contributed by atoms with van der Waals surface area (Å²) in [6, 6.07) is 6.00. The van der Waals surface area contributed by atoms with Crippen LogP contribution in [0.2, 0.25) is 0 Å². The van der Waals surface area contributed by atoms with Crippen LogP contribution in [0.1, 0.15) is 25.1 Å². The number of hydrogen-bond acceptors (Lipinski definition) is 3. The normalized spacial score (nSPS) is 11.6. The number of aliphatic carboxylic acids is 1. The van der Waals surface area contributed by atoms with Crippen molar-refractivity contribution in [2.75, 3.05) is 0 Å². The molecule has 0 aliphatic carbocycles. The van der Waals surface area contributed by atoms with Crippen molar-refractivity contribution < 1.29 is 9.90 Å². The van der Waals surface area contributed by atoms with E-state index in [4.69, 9.17) is 0 Å². The lowest BCUT2D eigenvalue weighted by Crippen LogP contribution is -2.28. The molecule has 1 heterocycles. The van der Waals surface area contributed by atoms with Gasteiger partial charge < -0.3 is 5.11 Å². The Hall–Kier alpha value is -1.20. The Balaban J connectivity index is 2.41. The number of aromatic nitrogens is 1. The molecule has 0 radical (unpaired) electrons. The van der Waals surface area contributed by atoms with Crippen molar-refractivity contribution in [3.63, 3.8) is 0 Å². The van der Waals surface area contributed by atoms with Crippen molar-refractivity contribution in [1.82, 2.24) is 4.98 Å². The molecule has 19 heavy (non-hydrogen) atoms. The van der Waals surface area contributed by atoms with E-state index in [2.05, 4.69) is 20.9 Å². The SMILES string of the molecule is Cc1cc(-c2nc(C(C)(C)C(=O)O)cs2)ccc1Br. The number of aryl methyl sites for hydroxylation is 1. The number of thiazole rings is 1. The smallest absolute Gasteiger partial charge is 0.315 e. The number of carbonyl (C=O) groups is 1. The summed E-state index contributed by atoms with van der Waals surface area (Å²) in [7, 11) is 0. The first-order valence-corrected chi connectivity index (χ1v) is 7.45. The Morgan fingerprint density at radius 2 is 2.11 bits per heavy atom. The first-order chi connectivity index (χ1) is 8.82. The summed E-state index contributed by atoms with van der Waals surface area (Å²) in [4.78, 5) is 15.7. The van der Waals surface area contributed by atoms with Crippen molar-refractivity contribution in [1.29, 1.82) is 0 Å². The predicted molar refractivity (Wildman–Crippen MR) is 80.6 cm³/mol. The maximum absolute atomic E-state index is 11.2. The van der Waals surface area contributed by atoms with Gasteiger partial charge in [-0.2, -0.15) is 0 Å². The van der Waals surface area contributed by atoms with Crippen molar-refractivity contribution in [2.45, 2.75) is 26.2 Å². The van der Waals surface area contributed by atoms with Gasteiger partial charge >= 0.3 is 5.97 Å². The quantitative estimate of drug-likeness (QED) is 0.909. The Labute approximate surface area is 124 Å². The molecule has 100 valence electrons. The molecule has 1 aromatic heterocycles. The number of benzene rings is 1. The van der Waals surface area contributed by atoms with Gasteiger partial charge in [0.2, 0.25) is 0 Å². The van der Waals surface area contributed by atoms with Gasteiger partial charge in [-0.15, -0.1) is 11.3 Å². The van der Waals surface area contributed by atoms with Crippen LogP contribution in [-0.2, 0) is 10.2 Å². The lowest BCUT2D eigenvalue weighted by atomic mass is 9.90. The van der Waals surface area contributed by atoms with Crippen molar-refractivity contribution in [3.05, 3.63) is 39.3 Å². The van der Waals surface area contributed by atoms with Crippen LogP contribution >= 0.6 is 27.3 Å². The van der Waals surface area contributed by atoms with Gasteiger partial charge in [0.1, 0.15) is 10.4 Å². The standard InChI is InChI=1S/C14H14BrNO2S/c1-8-6-9(4-5-10(8)15)12-16-11(7-19-12)14(2,3)13(17)18/h4-7H,1-3H3,(H,17,18). The molecular formula is C14H14BrNO2S. The highest BCUT2D eigenvalue weighted by Gasteiger charge is 2.32. The van der Waals surface area contributed by atoms with E-state index in [0.717, 1.165) is 20.6 Å². The summed E-state index contributed by atoms with van der Waals surface area (Å²) in [5.74, 6) is -0.865. The molecule has 5 heteroatoms. The lowest BCUT2D eigenvalue weighted by molar-refractivity contribution is -0.142. The van der Waals surface area contributed by atoms with E-state index in [-0.39, 0.29) is 0 Å². The minimum absolute atomic E-state index is 0.598. The molecule has 3 nitrogen and oxygen atoms in total. The van der Waals surface area contributed by atoms with Gasteiger partial charge in [0.05, 0.1) is 5.69 Å². The zero-order valence-corrected chi connectivity index (χ0v) is 13.3. The molecule has 0 atom stereocenters. The van der Waals surface area contributed by atoms with Crippen molar-refractivity contribution in [3.8, 4) is 10.6 Å². The fourth-order valence-electron chi connectivity index (χ4n) is 1.58. The molecule has 0 unspecified atom stereocenters. The number of nitrogens with zero attached hydrogens (tertiary/aromatic N) is 1. The average molecular weight is 340 g/mol. The first-order valence-electron chi connectivity index (χ1n) is 5.78. The molecule has 2 aromatic rings. The van der Waals surface area contributed by atoms with Gasteiger partial charge in [-0.25, -0.2) is 4.98 Å². The van der Waals surface area contributed by atoms with Gasteiger partial charge in [0.15, 0.2) is 0 Å². The fraction of sp³-hybridized carbons (Fsp3) is 0.286. The van der Waals surface area contributed by atoms with E-state index in [1.165, 1.54) is 11.3 Å². The predicted octanol–water partition coefficient (Wildman–Crippen LogP) is 4.24. The number of carboxylic acids is 1. The maximum Gasteiger partial charge on any atom is 0.315 e. The molecule has 0 saturated carbocycles. The number of hydrogen-bond donors (Lipinski definition) is 1. The number of carboxylic acid groups (broad SMARTS) is 1. The molecule has 0 saturated heterocycles. The van der Waals surface area contributed by atoms with Crippen LogP contribution in [0.15, 0.2) is 28.1 Å². The third kappa shape index (κ3) is 2.72. The zero-order valence-electron chi connectivity index (χ0n) is 10.9. The average Bonchev–Trinajstić information content (AvgIpc) is 2.82. The second kappa shape index (κ2) is 5.06. The molecule has 1 N–H and O–H groups in total. The van der Waals surface area contributed by atoms with Crippen molar-refractivity contribution >= 4 is 33.2 Å². The highest BCUT2D eigenvalue weighted by atomic mass is 79.9. The van der Waals surface area contributed by atoms with Gasteiger partial charge in [0, 0.05) is 15.4 Å². The summed E-state index contributed by atoms with van der Waals surface area (Å²) in [5, 5.41) is 11.9. The monoisotopic (exact) mass is 339 g/mol. The minimum atomic E-state index is -0.959. The Bertz CT molecular complexity index is 634. The molecule has 0 spiro atoms. The molecule has 1 aromatic carbocycles. The van der Waals surface area contributed by atoms with Gasteiger partial charge in [-0.3, -0.25) is 4.79 Å². The number of rotatable bonds is 3. The summed E-state index contributed by atoms with van der Waals surface area (Å²) >= 11 is 4.93. The van der Waals surface area contributed by atoms with Crippen LogP contribution in [0.25, 0.3) is 10.6 Å². The maximum atomic E-state index is 11.2. The van der Waals surface area contributed by atoms with Crippen LogP contribution in [0.4, 0.5) is 0 Å². The van der Waals surface area contributed by atoms with Gasteiger partial charge in [0.25, 0.3) is 0 Å². The van der Waals surface area contributed by atoms with Crippen LogP contribution < -0.4 is 0 Å². The van der Waals surface area contributed by atoms with Crippen LogP contribution in [0.5, 0.6) is 0 Å². The van der Waals surface area contributed by atoms with E-state index in [1.54, 1.807) is 13.8 Å². The summed E-state index contributed by atoms with van der Waals surface area (Å²) in [6.45, 7) is 5.35. The highest BCUT2D eigenvalue weighted by Crippen LogP contribution is 2.31. The molecule has 0 fully saturated rings. The summed E-state index contributed by atoms with van der Waals surface area (Å²) in [6.07, 6.45) is 0. The van der Waals surface area contributed by atoms with E-state index in [9.17, 15) is 9.90 Å². The second-order valence-corrected chi connectivity index (χ2v) is 6.64. The Morgan fingerprint density at radius 1 is 1.42 bits per heavy atom. The molecule has 0 bridgehead atoms. The highest BCUT2D eigenvalue weighted by molar-refractivity contribution is 9.10. The third-order valence-electron chi connectivity index (χ3n) is 3.08. The molecular weight excluding hydrogens is 326 g/mol. The van der Waals surface area contributed by atoms with Crippen molar-refractivity contribution in [2.24, 2.45) is 0 Å². The fourth-order valence-corrected chi connectivity index (χ4v) is 2.81. The second-order valence-electron chi connectivity index (χ2n) is 4.93. The van der Waals surface area contributed by atoms with Crippen LogP contribution in [-0.4, -0.2) is 16.1 Å². The van der Waals surface area contributed by atoms with E-state index in [1.807, 2.05) is 30.5 Å². The minimum Gasteiger partial charge on any atom is -0.481 e. The largest absolute Gasteiger partial charge is 0.481 e. The first kappa shape index (κ1) is 14.2. The Morgan fingerprint density at radius 3 is 2.68 bits per heavy atom. The van der Waals surface area contributed by atoms with Gasteiger partial charge in [-0.1, -0.05) is 22.0 Å². The third-order valence-corrected chi connectivity index (χ3v) is 4.87. The molecule has 0 aliphatic heterocycles. The molecule has 0 amide bonds. The van der Waals surface area contributed by atoms with E-state index in [0.29, 0.717) is 5.69 Å². The van der Waals surface area contributed by atoms with Crippen LogP contribution in [0.3, 0.4) is 0 Å². The molecule has 2 rings (SSSR count). The van der Waals surface area contributed by atoms with E-state index < -0.39 is 11.4 Å². The number of halogens is 1. The van der Waals surface area contributed by atoms with Gasteiger partial charge in [-0.05, 0) is 38.5 Å². The van der Waals surface area contributed by atoms with E-state index >= 15 is 0 Å². The molecule has 0 aliphatic rings.